The van der Waals surface area contributed by atoms with Gasteiger partial charge in [0.1, 0.15) is 0 Å². The van der Waals surface area contributed by atoms with Crippen LogP contribution in [0, 0.1) is 0 Å². The highest BCUT2D eigenvalue weighted by Crippen LogP contribution is 2.26. The van der Waals surface area contributed by atoms with Gasteiger partial charge >= 0.3 is 0 Å². The van der Waals surface area contributed by atoms with Gasteiger partial charge in [-0.2, -0.15) is 0 Å². The average Bonchev–Trinajstić information content (AvgIpc) is 2.19. The van der Waals surface area contributed by atoms with Crippen molar-refractivity contribution in [2.75, 3.05) is 37.6 Å². The first kappa shape index (κ1) is 12.0. The zero-order valence-electron chi connectivity index (χ0n) is 7.51. The summed E-state index contributed by atoms with van der Waals surface area (Å²) < 4.78 is 0. The highest BCUT2D eigenvalue weighted by molar-refractivity contribution is 7.34. The molecule has 0 saturated carbocycles. The third-order valence-corrected chi connectivity index (χ3v) is 3.32. The largest absolute Gasteiger partial charge is 0.280 e. The van der Waals surface area contributed by atoms with Crippen molar-refractivity contribution in [3.63, 3.8) is 0 Å². The van der Waals surface area contributed by atoms with E-state index in [2.05, 4.69) is 5.01 Å². The summed E-state index contributed by atoms with van der Waals surface area (Å²) in [5.74, 6) is 1.22. The molecule has 0 aromatic rings. The normalized spacial score (nSPS) is 21.5. The second kappa shape index (κ2) is 7.22. The molecule has 1 saturated heterocycles. The summed E-state index contributed by atoms with van der Waals surface area (Å²) in [5.41, 5.74) is 0. The fourth-order valence-electron chi connectivity index (χ4n) is 1.11. The smallest absolute Gasteiger partial charge is 0.0709 e. The molecule has 0 bridgehead atoms. The SMILES string of the molecule is ClCCN(CCCl)N1OCCCP1. The molecule has 0 aromatic carbocycles. The van der Waals surface area contributed by atoms with Gasteiger partial charge in [0, 0.05) is 24.8 Å². The standard InChI is InChI=1S/C7H15Cl2N2OP/c8-2-4-10(5-3-9)11-12-6-1-7-13-11/h13H,1-7H2. The predicted octanol–water partition coefficient (Wildman–Crippen LogP) is 1.91. The van der Waals surface area contributed by atoms with Gasteiger partial charge in [-0.25, -0.2) is 5.01 Å². The number of nitrogens with zero attached hydrogens (tertiary/aromatic N) is 2. The molecule has 0 aromatic heterocycles. The van der Waals surface area contributed by atoms with Gasteiger partial charge in [-0.1, -0.05) is 0 Å². The van der Waals surface area contributed by atoms with Crippen molar-refractivity contribution in [2.45, 2.75) is 6.42 Å². The molecule has 0 aliphatic carbocycles. The van der Waals surface area contributed by atoms with E-state index in [1.54, 1.807) is 0 Å². The maximum Gasteiger partial charge on any atom is 0.0709 e. The van der Waals surface area contributed by atoms with Crippen molar-refractivity contribution < 1.29 is 4.84 Å². The van der Waals surface area contributed by atoms with Crippen LogP contribution in [-0.4, -0.2) is 47.6 Å². The van der Waals surface area contributed by atoms with Crippen LogP contribution >= 0.6 is 31.9 Å². The van der Waals surface area contributed by atoms with Crippen LogP contribution < -0.4 is 0 Å². The summed E-state index contributed by atoms with van der Waals surface area (Å²) >= 11 is 11.4. The van der Waals surface area contributed by atoms with Gasteiger partial charge in [0.25, 0.3) is 0 Å². The van der Waals surface area contributed by atoms with Crippen molar-refractivity contribution in [3.8, 4) is 0 Å². The molecule has 78 valence electrons. The maximum atomic E-state index is 5.69. The zero-order valence-corrected chi connectivity index (χ0v) is 10.0. The topological polar surface area (TPSA) is 15.7 Å². The van der Waals surface area contributed by atoms with Crippen LogP contribution in [0.5, 0.6) is 0 Å². The van der Waals surface area contributed by atoms with E-state index in [9.17, 15) is 0 Å². The van der Waals surface area contributed by atoms with Crippen molar-refractivity contribution in [1.29, 1.82) is 0 Å². The van der Waals surface area contributed by atoms with Gasteiger partial charge in [0.05, 0.1) is 6.61 Å². The Kier molecular flexibility index (Phi) is 6.64. The van der Waals surface area contributed by atoms with E-state index in [4.69, 9.17) is 28.0 Å². The molecule has 1 atom stereocenters. The van der Waals surface area contributed by atoms with E-state index in [-0.39, 0.29) is 0 Å². The van der Waals surface area contributed by atoms with Gasteiger partial charge in [0.2, 0.25) is 0 Å². The minimum absolute atomic E-state index is 0.612. The van der Waals surface area contributed by atoms with E-state index in [1.165, 1.54) is 6.16 Å². The Hall–Kier alpha value is 0.890. The highest BCUT2D eigenvalue weighted by atomic mass is 35.5. The van der Waals surface area contributed by atoms with Crippen LogP contribution in [0.3, 0.4) is 0 Å². The first-order chi connectivity index (χ1) is 6.38. The average molecular weight is 245 g/mol. The maximum absolute atomic E-state index is 5.69. The lowest BCUT2D eigenvalue weighted by Gasteiger charge is -2.35. The number of hydrazine groups is 1. The Morgan fingerprint density at radius 3 is 2.46 bits per heavy atom. The summed E-state index contributed by atoms with van der Waals surface area (Å²) in [7, 11) is 0.713. The zero-order chi connectivity index (χ0) is 9.52. The van der Waals surface area contributed by atoms with Gasteiger partial charge < -0.3 is 0 Å². The number of hydrogen-bond donors (Lipinski definition) is 0. The molecular formula is C7H15Cl2N2OP. The molecule has 3 nitrogen and oxygen atoms in total. The van der Waals surface area contributed by atoms with Gasteiger partial charge in [-0.05, 0) is 21.3 Å². The Morgan fingerprint density at radius 2 is 2.00 bits per heavy atom. The van der Waals surface area contributed by atoms with E-state index in [1.807, 2.05) is 4.94 Å². The number of alkyl halides is 2. The van der Waals surface area contributed by atoms with Crippen molar-refractivity contribution >= 4 is 31.9 Å². The quantitative estimate of drug-likeness (QED) is 0.543. The molecule has 1 heterocycles. The summed E-state index contributed by atoms with van der Waals surface area (Å²) in [6.07, 6.45) is 2.37. The summed E-state index contributed by atoms with van der Waals surface area (Å²) in [6, 6.07) is 0. The Balaban J connectivity index is 2.32. The van der Waals surface area contributed by atoms with Crippen LogP contribution in [0.2, 0.25) is 0 Å². The molecule has 0 N–H and O–H groups in total. The number of hydrogen-bond acceptors (Lipinski definition) is 3. The summed E-state index contributed by atoms with van der Waals surface area (Å²) in [5, 5.41) is 2.08. The monoisotopic (exact) mass is 244 g/mol. The lowest BCUT2D eigenvalue weighted by atomic mass is 10.5. The van der Waals surface area contributed by atoms with E-state index >= 15 is 0 Å². The minimum Gasteiger partial charge on any atom is -0.280 e. The Bertz CT molecular complexity index is 130. The third kappa shape index (κ3) is 4.28. The lowest BCUT2D eigenvalue weighted by Crippen LogP contribution is -2.41. The Morgan fingerprint density at radius 1 is 1.31 bits per heavy atom. The molecule has 1 rings (SSSR count). The third-order valence-electron chi connectivity index (χ3n) is 1.72. The molecule has 1 aliphatic rings. The minimum atomic E-state index is 0.612. The fraction of sp³-hybridized carbons (Fsp3) is 1.00. The molecule has 1 unspecified atom stereocenters. The fourth-order valence-corrected chi connectivity index (χ4v) is 2.58. The van der Waals surface area contributed by atoms with Crippen LogP contribution in [0.4, 0.5) is 0 Å². The Labute approximate surface area is 91.1 Å². The summed E-state index contributed by atoms with van der Waals surface area (Å²) in [6.45, 7) is 2.43. The first-order valence-corrected chi connectivity index (χ1v) is 6.64. The molecule has 0 amide bonds. The van der Waals surface area contributed by atoms with Crippen molar-refractivity contribution in [1.82, 2.24) is 9.95 Å². The van der Waals surface area contributed by atoms with Gasteiger partial charge in [-0.15, -0.1) is 28.1 Å². The van der Waals surface area contributed by atoms with E-state index in [0.29, 0.717) is 20.5 Å². The van der Waals surface area contributed by atoms with Crippen molar-refractivity contribution in [3.05, 3.63) is 0 Å². The van der Waals surface area contributed by atoms with E-state index in [0.717, 1.165) is 26.1 Å². The van der Waals surface area contributed by atoms with Gasteiger partial charge in [0.15, 0.2) is 0 Å². The lowest BCUT2D eigenvalue weighted by molar-refractivity contribution is -0.211. The van der Waals surface area contributed by atoms with Crippen molar-refractivity contribution in [2.24, 2.45) is 0 Å². The number of rotatable bonds is 5. The van der Waals surface area contributed by atoms with Crippen LogP contribution in [0.1, 0.15) is 6.42 Å². The molecule has 6 heteroatoms. The second-order valence-corrected chi connectivity index (χ2v) is 4.65. The molecule has 0 spiro atoms. The second-order valence-electron chi connectivity index (χ2n) is 2.70. The van der Waals surface area contributed by atoms with E-state index < -0.39 is 0 Å². The highest BCUT2D eigenvalue weighted by Gasteiger charge is 2.17. The molecule has 1 aliphatic heterocycles. The predicted molar refractivity (Wildman–Crippen MR) is 58.6 cm³/mol. The van der Waals surface area contributed by atoms with Crippen LogP contribution in [0.15, 0.2) is 0 Å². The first-order valence-electron chi connectivity index (χ1n) is 4.42. The molecule has 1 fully saturated rings. The van der Waals surface area contributed by atoms with Gasteiger partial charge in [-0.3, -0.25) is 4.84 Å². The van der Waals surface area contributed by atoms with Crippen LogP contribution in [-0.2, 0) is 4.84 Å². The van der Waals surface area contributed by atoms with Crippen LogP contribution in [0.25, 0.3) is 0 Å². The summed E-state index contributed by atoms with van der Waals surface area (Å²) in [4.78, 5) is 7.42. The molecular weight excluding hydrogens is 230 g/mol. The molecule has 13 heavy (non-hydrogen) atoms. The molecule has 0 radical (unpaired) electrons. The number of halogens is 2.